The van der Waals surface area contributed by atoms with Gasteiger partial charge in [-0.25, -0.2) is 13.5 Å². The number of nitrogens with zero attached hydrogens (tertiary/aromatic N) is 1. The van der Waals surface area contributed by atoms with Crippen LogP contribution in [0, 0.1) is 12.7 Å². The molecule has 140 valence electrons. The number of anilines is 1. The number of carbonyl (C=O) groups is 1. The van der Waals surface area contributed by atoms with Crippen LogP contribution in [0.4, 0.5) is 10.1 Å². The van der Waals surface area contributed by atoms with Crippen LogP contribution in [-0.4, -0.2) is 27.9 Å². The molecule has 0 fully saturated rings. The Labute approximate surface area is 152 Å². The molecule has 8 heteroatoms. The van der Waals surface area contributed by atoms with Gasteiger partial charge in [0, 0.05) is 0 Å². The molecule has 1 aliphatic heterocycles. The summed E-state index contributed by atoms with van der Waals surface area (Å²) < 4.78 is 48.1. The molecule has 3 rings (SSSR count). The summed E-state index contributed by atoms with van der Waals surface area (Å²) in [7, 11) is -3.52. The SMILES string of the molecule is CCOC(=O)c1ccc(N2C(C)Oc3ccc(C)cc3S2(O)O)c(F)c1. The molecule has 0 amide bonds. The van der Waals surface area contributed by atoms with Gasteiger partial charge in [-0.05, 0) is 56.7 Å². The zero-order chi connectivity index (χ0) is 19.1. The number of hydrogen-bond donors (Lipinski definition) is 2. The quantitative estimate of drug-likeness (QED) is 0.758. The number of aryl methyl sites for hydroxylation is 1. The van der Waals surface area contributed by atoms with E-state index < -0.39 is 28.8 Å². The number of esters is 1. The summed E-state index contributed by atoms with van der Waals surface area (Å²) in [4.78, 5) is 12.0. The number of rotatable bonds is 3. The third kappa shape index (κ3) is 3.11. The second kappa shape index (κ2) is 6.79. The highest BCUT2D eigenvalue weighted by molar-refractivity contribution is 8.25. The second-order valence-electron chi connectivity index (χ2n) is 5.90. The van der Waals surface area contributed by atoms with Crippen molar-refractivity contribution in [2.24, 2.45) is 0 Å². The van der Waals surface area contributed by atoms with Crippen LogP contribution in [0.3, 0.4) is 0 Å². The van der Waals surface area contributed by atoms with Crippen molar-refractivity contribution < 1.29 is 27.8 Å². The van der Waals surface area contributed by atoms with Crippen LogP contribution in [0.5, 0.6) is 5.75 Å². The molecule has 0 radical (unpaired) electrons. The van der Waals surface area contributed by atoms with Crippen molar-refractivity contribution >= 4 is 22.4 Å². The van der Waals surface area contributed by atoms with Gasteiger partial charge in [-0.15, -0.1) is 0 Å². The number of halogens is 1. The number of ether oxygens (including phenoxy) is 2. The third-order valence-corrected chi connectivity index (χ3v) is 5.94. The van der Waals surface area contributed by atoms with Crippen molar-refractivity contribution in [3.05, 3.63) is 53.3 Å². The molecule has 1 heterocycles. The lowest BCUT2D eigenvalue weighted by atomic mass is 10.2. The Balaban J connectivity index is 2.04. The van der Waals surface area contributed by atoms with Gasteiger partial charge in [-0.3, -0.25) is 9.11 Å². The summed E-state index contributed by atoms with van der Waals surface area (Å²) in [6.45, 7) is 5.24. The van der Waals surface area contributed by atoms with E-state index in [4.69, 9.17) is 9.47 Å². The fraction of sp³-hybridized carbons (Fsp3) is 0.278. The highest BCUT2D eigenvalue weighted by Crippen LogP contribution is 2.61. The van der Waals surface area contributed by atoms with Gasteiger partial charge in [-0.2, -0.15) is 0 Å². The normalized spacial score (nSPS) is 19.3. The standard InChI is InChI=1S/C18H20FNO5S/c1-4-24-18(21)13-6-7-15(14(19)10-13)20-12(3)25-16-8-5-11(2)9-17(16)26(20,22)23/h5-10,12,22-23H,4H2,1-3H3. The fourth-order valence-corrected chi connectivity index (χ4v) is 4.65. The molecule has 0 aromatic heterocycles. The van der Waals surface area contributed by atoms with Gasteiger partial charge in [0.05, 0.1) is 17.9 Å². The zero-order valence-corrected chi connectivity index (χ0v) is 15.4. The summed E-state index contributed by atoms with van der Waals surface area (Å²) >= 11 is 0. The smallest absolute Gasteiger partial charge is 0.338 e. The first-order valence-electron chi connectivity index (χ1n) is 8.07. The molecule has 1 aliphatic rings. The van der Waals surface area contributed by atoms with Gasteiger partial charge in [-0.1, -0.05) is 16.8 Å². The molecular formula is C18H20FNO5S. The molecule has 2 N–H and O–H groups in total. The maximum atomic E-state index is 14.7. The maximum Gasteiger partial charge on any atom is 0.338 e. The molecule has 1 unspecified atom stereocenters. The predicted octanol–water partition coefficient (Wildman–Crippen LogP) is 4.58. The van der Waals surface area contributed by atoms with E-state index in [0.717, 1.165) is 15.9 Å². The predicted molar refractivity (Wildman–Crippen MR) is 97.2 cm³/mol. The van der Waals surface area contributed by atoms with Gasteiger partial charge in [0.25, 0.3) is 0 Å². The molecule has 2 aromatic rings. The molecule has 0 aliphatic carbocycles. The molecule has 0 saturated heterocycles. The van der Waals surface area contributed by atoms with E-state index in [0.29, 0.717) is 5.75 Å². The highest BCUT2D eigenvalue weighted by Gasteiger charge is 2.39. The molecule has 2 aromatic carbocycles. The minimum absolute atomic E-state index is 0.0476. The van der Waals surface area contributed by atoms with Gasteiger partial charge in [0.1, 0.15) is 16.5 Å². The molecular weight excluding hydrogens is 361 g/mol. The summed E-state index contributed by atoms with van der Waals surface area (Å²) in [5, 5.41) is 0. The lowest BCUT2D eigenvalue weighted by Gasteiger charge is -2.50. The first-order chi connectivity index (χ1) is 12.3. The zero-order valence-electron chi connectivity index (χ0n) is 14.6. The molecule has 0 bridgehead atoms. The summed E-state index contributed by atoms with van der Waals surface area (Å²) in [5.74, 6) is -1.07. The van der Waals surface area contributed by atoms with Crippen molar-refractivity contribution in [1.29, 1.82) is 0 Å². The van der Waals surface area contributed by atoms with Crippen LogP contribution < -0.4 is 9.04 Å². The van der Waals surface area contributed by atoms with Crippen LogP contribution in [0.1, 0.15) is 29.8 Å². The summed E-state index contributed by atoms with van der Waals surface area (Å²) in [6.07, 6.45) is -0.821. The van der Waals surface area contributed by atoms with E-state index in [1.807, 2.05) is 6.92 Å². The van der Waals surface area contributed by atoms with Crippen LogP contribution in [0.15, 0.2) is 41.3 Å². The van der Waals surface area contributed by atoms with E-state index in [1.165, 1.54) is 12.1 Å². The van der Waals surface area contributed by atoms with E-state index >= 15 is 0 Å². The number of hydrogen-bond acceptors (Lipinski definition) is 6. The van der Waals surface area contributed by atoms with E-state index in [2.05, 4.69) is 0 Å². The number of fused-ring (bicyclic) bond motifs is 1. The van der Waals surface area contributed by atoms with Crippen LogP contribution >= 0.6 is 10.8 Å². The monoisotopic (exact) mass is 381 g/mol. The lowest BCUT2D eigenvalue weighted by molar-refractivity contribution is 0.0526. The molecule has 26 heavy (non-hydrogen) atoms. The van der Waals surface area contributed by atoms with Gasteiger partial charge >= 0.3 is 5.97 Å². The fourth-order valence-electron chi connectivity index (χ4n) is 2.83. The first kappa shape index (κ1) is 18.5. The van der Waals surface area contributed by atoms with Gasteiger partial charge < -0.3 is 9.47 Å². The van der Waals surface area contributed by atoms with Crippen molar-refractivity contribution in [1.82, 2.24) is 0 Å². The Morgan fingerprint density at radius 1 is 1.31 bits per heavy atom. The Bertz CT molecular complexity index is 857. The number of carbonyl (C=O) groups excluding carboxylic acids is 1. The average molecular weight is 381 g/mol. The highest BCUT2D eigenvalue weighted by atomic mass is 32.3. The lowest BCUT2D eigenvalue weighted by Crippen LogP contribution is -2.43. The van der Waals surface area contributed by atoms with Gasteiger partial charge in [0.15, 0.2) is 6.23 Å². The molecule has 0 saturated carbocycles. The van der Waals surface area contributed by atoms with Crippen molar-refractivity contribution in [3.63, 3.8) is 0 Å². The van der Waals surface area contributed by atoms with E-state index in [9.17, 15) is 18.3 Å². The van der Waals surface area contributed by atoms with E-state index in [-0.39, 0.29) is 22.8 Å². The minimum atomic E-state index is -3.52. The largest absolute Gasteiger partial charge is 0.467 e. The molecule has 6 nitrogen and oxygen atoms in total. The van der Waals surface area contributed by atoms with Crippen LogP contribution in [0.25, 0.3) is 0 Å². The van der Waals surface area contributed by atoms with Crippen molar-refractivity contribution in [3.8, 4) is 5.75 Å². The Hall–Kier alpha value is -2.29. The summed E-state index contributed by atoms with van der Waals surface area (Å²) in [6, 6.07) is 8.77. The molecule has 1 atom stereocenters. The average Bonchev–Trinajstić information content (AvgIpc) is 2.57. The second-order valence-corrected chi connectivity index (χ2v) is 7.77. The topological polar surface area (TPSA) is 79.2 Å². The van der Waals surface area contributed by atoms with Crippen molar-refractivity contribution in [2.45, 2.75) is 31.9 Å². The Morgan fingerprint density at radius 2 is 2.04 bits per heavy atom. The van der Waals surface area contributed by atoms with Crippen LogP contribution in [0.2, 0.25) is 0 Å². The Morgan fingerprint density at radius 3 is 2.69 bits per heavy atom. The number of benzene rings is 2. The molecule has 0 spiro atoms. The first-order valence-corrected chi connectivity index (χ1v) is 9.57. The minimum Gasteiger partial charge on any atom is -0.467 e. The third-order valence-electron chi connectivity index (χ3n) is 3.99. The van der Waals surface area contributed by atoms with Crippen molar-refractivity contribution in [2.75, 3.05) is 10.9 Å². The van der Waals surface area contributed by atoms with Crippen LogP contribution in [-0.2, 0) is 4.74 Å². The summed E-state index contributed by atoms with van der Waals surface area (Å²) in [5.41, 5.74) is 0.795. The van der Waals surface area contributed by atoms with Gasteiger partial charge in [0.2, 0.25) is 0 Å². The van der Waals surface area contributed by atoms with E-state index in [1.54, 1.807) is 32.0 Å². The maximum absolute atomic E-state index is 14.7. The Kier molecular flexibility index (Phi) is 4.83.